The molecule has 0 spiro atoms. The summed E-state index contributed by atoms with van der Waals surface area (Å²) in [6.45, 7) is 0. The smallest absolute Gasteiger partial charge is 0.356 e. The number of ether oxygens (including phenoxy) is 1. The Hall–Kier alpha value is -4.26. The molecule has 0 saturated heterocycles. The number of sulfonamides is 1. The molecule has 1 aromatic carbocycles. The lowest BCUT2D eigenvalue weighted by molar-refractivity contribution is 0.0594. The number of ketones is 1. The van der Waals surface area contributed by atoms with E-state index in [1.54, 1.807) is 16.9 Å². The summed E-state index contributed by atoms with van der Waals surface area (Å²) in [5.41, 5.74) is -0.340. The van der Waals surface area contributed by atoms with Crippen LogP contribution in [0.4, 0.5) is 14.5 Å². The zero-order valence-electron chi connectivity index (χ0n) is 17.6. The molecule has 0 amide bonds. The van der Waals surface area contributed by atoms with Gasteiger partial charge < -0.3 is 4.74 Å². The van der Waals surface area contributed by atoms with Crippen LogP contribution in [0.15, 0.2) is 42.7 Å². The number of aromatic amines is 1. The second-order valence-electron chi connectivity index (χ2n) is 7.10. The summed E-state index contributed by atoms with van der Waals surface area (Å²) in [6, 6.07) is 6.30. The van der Waals surface area contributed by atoms with E-state index in [9.17, 15) is 26.8 Å². The molecule has 0 bridgehead atoms. The van der Waals surface area contributed by atoms with Crippen LogP contribution in [-0.4, -0.2) is 53.7 Å². The average molecular weight is 491 g/mol. The Balaban J connectivity index is 0.00000228. The number of fused-ring (bicyclic) bond motifs is 1. The number of nitrogens with zero attached hydrogens (tertiary/aromatic N) is 3. The number of aromatic nitrogens is 4. The van der Waals surface area contributed by atoms with Crippen molar-refractivity contribution in [3.8, 4) is 11.1 Å². The van der Waals surface area contributed by atoms with E-state index in [1.807, 2.05) is 0 Å². The van der Waals surface area contributed by atoms with Gasteiger partial charge in [-0.3, -0.25) is 14.6 Å². The molecule has 3 heterocycles. The van der Waals surface area contributed by atoms with Gasteiger partial charge in [-0.15, -0.1) is 0 Å². The van der Waals surface area contributed by atoms with Crippen LogP contribution in [0.1, 0.15) is 29.4 Å². The lowest BCUT2D eigenvalue weighted by Crippen LogP contribution is -2.15. The molecule has 4 rings (SSSR count). The van der Waals surface area contributed by atoms with E-state index in [2.05, 4.69) is 24.9 Å². The number of rotatable bonds is 6. The summed E-state index contributed by atoms with van der Waals surface area (Å²) >= 11 is 0. The Morgan fingerprint density at radius 2 is 1.82 bits per heavy atom. The van der Waals surface area contributed by atoms with Crippen molar-refractivity contribution in [3.05, 3.63) is 71.3 Å². The number of anilines is 1. The topological polar surface area (TPSA) is 144 Å². The van der Waals surface area contributed by atoms with Crippen LogP contribution < -0.4 is 4.72 Å². The molecule has 0 radical (unpaired) electrons. The number of H-pyrrole nitrogens is 1. The van der Waals surface area contributed by atoms with Crippen molar-refractivity contribution in [3.63, 3.8) is 0 Å². The monoisotopic (exact) mass is 491 g/mol. The molecule has 0 atom stereocenters. The number of hydrogen-bond donors (Lipinski definition) is 2. The molecule has 0 unspecified atom stereocenters. The average Bonchev–Trinajstić information content (AvgIpc) is 3.23. The van der Waals surface area contributed by atoms with Gasteiger partial charge in [-0.2, -0.15) is 5.10 Å². The van der Waals surface area contributed by atoms with Gasteiger partial charge in [0.05, 0.1) is 24.3 Å². The van der Waals surface area contributed by atoms with Gasteiger partial charge in [-0.25, -0.2) is 32.0 Å². The molecule has 10 nitrogen and oxygen atoms in total. The number of carbonyl (C=O) groups is 2. The first-order valence-electron chi connectivity index (χ1n) is 9.48. The van der Waals surface area contributed by atoms with E-state index in [1.165, 1.54) is 25.6 Å². The molecule has 178 valence electrons. The number of methoxy groups -OCH3 is 1. The minimum absolute atomic E-state index is 0. The molecule has 0 fully saturated rings. The van der Waals surface area contributed by atoms with E-state index in [0.717, 1.165) is 18.4 Å². The first-order valence-corrected chi connectivity index (χ1v) is 11.4. The maximum atomic E-state index is 14.9. The summed E-state index contributed by atoms with van der Waals surface area (Å²) in [7, 11) is -2.77. The Labute approximate surface area is 194 Å². The normalized spacial score (nSPS) is 11.4. The van der Waals surface area contributed by atoms with Crippen LogP contribution in [0.2, 0.25) is 0 Å². The van der Waals surface area contributed by atoms with Crippen molar-refractivity contribution in [1.29, 1.82) is 0 Å². The van der Waals surface area contributed by atoms with E-state index < -0.39 is 44.7 Å². The number of pyridine rings is 2. The van der Waals surface area contributed by atoms with Crippen molar-refractivity contribution >= 4 is 38.5 Å². The highest BCUT2D eigenvalue weighted by Gasteiger charge is 2.24. The van der Waals surface area contributed by atoms with Crippen molar-refractivity contribution in [2.24, 2.45) is 0 Å². The van der Waals surface area contributed by atoms with Gasteiger partial charge in [-0.05, 0) is 24.3 Å². The summed E-state index contributed by atoms with van der Waals surface area (Å²) in [4.78, 5) is 32.8. The highest BCUT2D eigenvalue weighted by Crippen LogP contribution is 2.28. The first-order chi connectivity index (χ1) is 16.1. The number of nitrogens with one attached hydrogen (secondary N) is 2. The SMILES string of the molecule is COC(=O)c1ccc(-c2cnc3n[nH]c(C(=O)c4ccc(F)c(NS(C)(=O)=O)c4F)c3c2)cn1.[HH].[HH]. The standard InChI is InChI=1S/C21H15F2N5O5S.2H2/c1-33-21(30)15-6-3-10(8-24-15)11-7-13-17(26-27-20(13)25-9-11)19(29)12-4-5-14(22)18(16(12)23)28-34(2,31)32;;/h3-9,28H,1-2H3,(H,25,26,27);2*1H. The molecular formula is C21H19F2N5O5S. The third-order valence-corrected chi connectivity index (χ3v) is 5.33. The quantitative estimate of drug-likeness (QED) is 0.309. The van der Waals surface area contributed by atoms with Gasteiger partial charge in [0.15, 0.2) is 11.5 Å². The summed E-state index contributed by atoms with van der Waals surface area (Å²) in [5.74, 6) is -4.05. The lowest BCUT2D eigenvalue weighted by atomic mass is 10.0. The number of esters is 1. The van der Waals surface area contributed by atoms with Gasteiger partial charge in [-0.1, -0.05) is 6.07 Å². The van der Waals surface area contributed by atoms with E-state index in [0.29, 0.717) is 11.1 Å². The Morgan fingerprint density at radius 1 is 1.09 bits per heavy atom. The van der Waals surface area contributed by atoms with Gasteiger partial charge >= 0.3 is 5.97 Å². The summed E-state index contributed by atoms with van der Waals surface area (Å²) < 4.78 is 58.2. The van der Waals surface area contributed by atoms with Crippen molar-refractivity contribution in [2.45, 2.75) is 0 Å². The van der Waals surface area contributed by atoms with Crippen molar-refractivity contribution in [2.75, 3.05) is 18.1 Å². The third kappa shape index (κ3) is 4.32. The second kappa shape index (κ2) is 8.59. The minimum Gasteiger partial charge on any atom is -0.464 e. The Kier molecular flexibility index (Phi) is 5.79. The number of hydrogen-bond acceptors (Lipinski definition) is 8. The van der Waals surface area contributed by atoms with Crippen LogP contribution in [-0.2, 0) is 14.8 Å². The summed E-state index contributed by atoms with van der Waals surface area (Å²) in [5, 5.41) is 6.67. The fourth-order valence-corrected chi connectivity index (χ4v) is 3.72. The predicted octanol–water partition coefficient (Wildman–Crippen LogP) is 3.18. The number of carbonyl (C=O) groups excluding carboxylic acids is 2. The van der Waals surface area contributed by atoms with Crippen molar-refractivity contribution < 1.29 is 34.4 Å². The van der Waals surface area contributed by atoms with E-state index >= 15 is 0 Å². The van der Waals surface area contributed by atoms with Gasteiger partial charge in [0.1, 0.15) is 22.9 Å². The molecule has 34 heavy (non-hydrogen) atoms. The fourth-order valence-electron chi connectivity index (χ4n) is 3.16. The minimum atomic E-state index is -4.01. The molecule has 0 aliphatic heterocycles. The Morgan fingerprint density at radius 3 is 2.47 bits per heavy atom. The zero-order chi connectivity index (χ0) is 24.6. The second-order valence-corrected chi connectivity index (χ2v) is 8.85. The van der Waals surface area contributed by atoms with Crippen LogP contribution >= 0.6 is 0 Å². The van der Waals surface area contributed by atoms with Crippen LogP contribution in [0.25, 0.3) is 22.2 Å². The lowest BCUT2D eigenvalue weighted by Gasteiger charge is -2.10. The molecule has 0 aliphatic rings. The highest BCUT2D eigenvalue weighted by molar-refractivity contribution is 7.92. The largest absolute Gasteiger partial charge is 0.464 e. The molecule has 4 aromatic rings. The van der Waals surface area contributed by atoms with Gasteiger partial charge in [0.2, 0.25) is 15.8 Å². The molecule has 2 N–H and O–H groups in total. The molecule has 0 aliphatic carbocycles. The van der Waals surface area contributed by atoms with E-state index in [-0.39, 0.29) is 25.3 Å². The number of benzene rings is 1. The third-order valence-electron chi connectivity index (χ3n) is 4.75. The van der Waals surface area contributed by atoms with Crippen LogP contribution in [0, 0.1) is 11.6 Å². The van der Waals surface area contributed by atoms with Crippen LogP contribution in [0.3, 0.4) is 0 Å². The summed E-state index contributed by atoms with van der Waals surface area (Å²) in [6.07, 6.45) is 3.61. The zero-order valence-corrected chi connectivity index (χ0v) is 18.4. The molecule has 0 saturated carbocycles. The number of halogens is 2. The molecular weight excluding hydrogens is 472 g/mol. The van der Waals surface area contributed by atoms with Crippen molar-refractivity contribution in [1.82, 2.24) is 20.2 Å². The fraction of sp³-hybridized carbons (Fsp3) is 0.0952. The Bertz CT molecular complexity index is 1560. The first kappa shape index (κ1) is 22.9. The van der Waals surface area contributed by atoms with E-state index in [4.69, 9.17) is 0 Å². The van der Waals surface area contributed by atoms with Crippen LogP contribution in [0.5, 0.6) is 0 Å². The molecule has 3 aromatic heterocycles. The maximum absolute atomic E-state index is 14.9. The highest BCUT2D eigenvalue weighted by atomic mass is 32.2. The predicted molar refractivity (Wildman–Crippen MR) is 121 cm³/mol. The van der Waals surface area contributed by atoms with Gasteiger partial charge in [0.25, 0.3) is 0 Å². The molecule has 13 heteroatoms. The maximum Gasteiger partial charge on any atom is 0.356 e. The van der Waals surface area contributed by atoms with Gasteiger partial charge in [0, 0.05) is 26.4 Å².